The third-order valence-corrected chi connectivity index (χ3v) is 4.54. The summed E-state index contributed by atoms with van der Waals surface area (Å²) < 4.78 is 0. The summed E-state index contributed by atoms with van der Waals surface area (Å²) in [4.78, 5) is 2.62. The Hall–Kier alpha value is -0.0800. The maximum absolute atomic E-state index is 6.27. The van der Waals surface area contributed by atoms with Crippen LogP contribution in [0.3, 0.4) is 0 Å². The van der Waals surface area contributed by atoms with Gasteiger partial charge in [0.25, 0.3) is 0 Å². The van der Waals surface area contributed by atoms with E-state index in [4.69, 9.17) is 5.73 Å². The van der Waals surface area contributed by atoms with Crippen molar-refractivity contribution in [1.29, 1.82) is 0 Å². The van der Waals surface area contributed by atoms with Crippen LogP contribution in [0.4, 0.5) is 0 Å². The summed E-state index contributed by atoms with van der Waals surface area (Å²) in [5.74, 6) is 0.908. The average Bonchev–Trinajstić information content (AvgIpc) is 2.15. The van der Waals surface area contributed by atoms with Crippen LogP contribution in [0.1, 0.15) is 53.9 Å². The molecule has 0 aromatic carbocycles. The van der Waals surface area contributed by atoms with Gasteiger partial charge in [0.1, 0.15) is 0 Å². The van der Waals surface area contributed by atoms with Crippen LogP contribution in [0.5, 0.6) is 0 Å². The third-order valence-electron chi connectivity index (χ3n) is 4.54. The monoisotopic (exact) mass is 226 g/mol. The molecule has 0 spiro atoms. The van der Waals surface area contributed by atoms with E-state index in [2.05, 4.69) is 39.5 Å². The molecule has 0 bridgehead atoms. The molecule has 0 aliphatic carbocycles. The summed E-state index contributed by atoms with van der Waals surface area (Å²) in [6.07, 6.45) is 4.10. The van der Waals surface area contributed by atoms with E-state index in [1.54, 1.807) is 0 Å². The molecule has 1 unspecified atom stereocenters. The first-order chi connectivity index (χ1) is 7.26. The molecule has 0 aromatic rings. The van der Waals surface area contributed by atoms with Crippen LogP contribution in [0.15, 0.2) is 0 Å². The number of likely N-dealkylation sites (tertiary alicyclic amines) is 1. The lowest BCUT2D eigenvalue weighted by Crippen LogP contribution is -2.54. The fourth-order valence-electron chi connectivity index (χ4n) is 2.39. The van der Waals surface area contributed by atoms with Gasteiger partial charge in [-0.1, -0.05) is 27.2 Å². The first-order valence-corrected chi connectivity index (χ1v) is 6.77. The Morgan fingerprint density at radius 3 is 2.38 bits per heavy atom. The summed E-state index contributed by atoms with van der Waals surface area (Å²) in [7, 11) is 0. The van der Waals surface area contributed by atoms with Crippen LogP contribution in [0.25, 0.3) is 0 Å². The van der Waals surface area contributed by atoms with Crippen molar-refractivity contribution in [1.82, 2.24) is 4.90 Å². The van der Waals surface area contributed by atoms with Crippen molar-refractivity contribution in [3.05, 3.63) is 0 Å². The molecule has 0 amide bonds. The van der Waals surface area contributed by atoms with Gasteiger partial charge in [0, 0.05) is 18.6 Å². The summed E-state index contributed by atoms with van der Waals surface area (Å²) in [5, 5.41) is 0. The first-order valence-electron chi connectivity index (χ1n) is 6.77. The zero-order valence-electron chi connectivity index (χ0n) is 11.8. The normalized spacial score (nSPS) is 24.8. The highest BCUT2D eigenvalue weighted by Crippen LogP contribution is 2.31. The van der Waals surface area contributed by atoms with Gasteiger partial charge in [0.2, 0.25) is 0 Å². The highest BCUT2D eigenvalue weighted by Gasteiger charge is 2.35. The fraction of sp³-hybridized carbons (Fsp3) is 1.00. The van der Waals surface area contributed by atoms with E-state index in [0.29, 0.717) is 0 Å². The van der Waals surface area contributed by atoms with Gasteiger partial charge in [-0.2, -0.15) is 0 Å². The number of rotatable bonds is 4. The molecule has 0 aromatic heterocycles. The molecule has 16 heavy (non-hydrogen) atoms. The lowest BCUT2D eigenvalue weighted by Gasteiger charge is -2.44. The quantitative estimate of drug-likeness (QED) is 0.798. The first kappa shape index (κ1) is 14.0. The predicted molar refractivity (Wildman–Crippen MR) is 71.5 cm³/mol. The van der Waals surface area contributed by atoms with Gasteiger partial charge in [0.05, 0.1) is 0 Å². The molecule has 1 rings (SSSR count). The molecule has 2 nitrogen and oxygen atoms in total. The highest BCUT2D eigenvalue weighted by atomic mass is 15.1. The SMILES string of the molecule is CCC1CCCN(CC(C)(C)C(C)(C)N)C1. The van der Waals surface area contributed by atoms with Crippen LogP contribution in [-0.4, -0.2) is 30.1 Å². The second kappa shape index (κ2) is 5.05. The van der Waals surface area contributed by atoms with Gasteiger partial charge in [-0.05, 0) is 44.6 Å². The molecule has 1 fully saturated rings. The predicted octanol–water partition coefficient (Wildman–Crippen LogP) is 2.87. The van der Waals surface area contributed by atoms with E-state index in [9.17, 15) is 0 Å². The summed E-state index contributed by atoms with van der Waals surface area (Å²) >= 11 is 0. The molecule has 0 radical (unpaired) electrons. The minimum Gasteiger partial charge on any atom is -0.325 e. The molecule has 96 valence electrons. The largest absolute Gasteiger partial charge is 0.325 e. The number of hydrogen-bond donors (Lipinski definition) is 1. The fourth-order valence-corrected chi connectivity index (χ4v) is 2.39. The van der Waals surface area contributed by atoms with Gasteiger partial charge in [-0.3, -0.25) is 0 Å². The van der Waals surface area contributed by atoms with Crippen molar-refractivity contribution in [3.8, 4) is 0 Å². The molecule has 2 N–H and O–H groups in total. The van der Waals surface area contributed by atoms with Crippen LogP contribution < -0.4 is 5.73 Å². The van der Waals surface area contributed by atoms with Crippen molar-refractivity contribution in [2.75, 3.05) is 19.6 Å². The van der Waals surface area contributed by atoms with E-state index in [0.717, 1.165) is 12.5 Å². The van der Waals surface area contributed by atoms with Gasteiger partial charge < -0.3 is 10.6 Å². The lowest BCUT2D eigenvalue weighted by molar-refractivity contribution is 0.0795. The maximum atomic E-state index is 6.27. The number of nitrogens with zero attached hydrogens (tertiary/aromatic N) is 1. The van der Waals surface area contributed by atoms with Gasteiger partial charge in [0.15, 0.2) is 0 Å². The molecule has 1 saturated heterocycles. The van der Waals surface area contributed by atoms with E-state index in [1.807, 2.05) is 0 Å². The van der Waals surface area contributed by atoms with Gasteiger partial charge in [-0.25, -0.2) is 0 Å². The zero-order valence-corrected chi connectivity index (χ0v) is 11.8. The number of piperidine rings is 1. The molecule has 1 heterocycles. The van der Waals surface area contributed by atoms with Crippen LogP contribution >= 0.6 is 0 Å². The van der Waals surface area contributed by atoms with Gasteiger partial charge >= 0.3 is 0 Å². The van der Waals surface area contributed by atoms with Crippen molar-refractivity contribution in [3.63, 3.8) is 0 Å². The van der Waals surface area contributed by atoms with E-state index >= 15 is 0 Å². The summed E-state index contributed by atoms with van der Waals surface area (Å²) in [6.45, 7) is 14.9. The van der Waals surface area contributed by atoms with Crippen molar-refractivity contribution in [2.45, 2.75) is 59.4 Å². The average molecular weight is 226 g/mol. The van der Waals surface area contributed by atoms with E-state index in [1.165, 1.54) is 32.4 Å². The van der Waals surface area contributed by atoms with E-state index < -0.39 is 0 Å². The lowest BCUT2D eigenvalue weighted by atomic mass is 9.74. The molecule has 0 saturated carbocycles. The standard InChI is InChI=1S/C14H30N2/c1-6-12-8-7-9-16(10-12)11-13(2,3)14(4,5)15/h12H,6-11,15H2,1-5H3. The number of nitrogens with two attached hydrogens (primary N) is 1. The van der Waals surface area contributed by atoms with Gasteiger partial charge in [-0.15, -0.1) is 0 Å². The molecule has 1 atom stereocenters. The highest BCUT2D eigenvalue weighted by molar-refractivity contribution is 4.93. The Morgan fingerprint density at radius 2 is 1.88 bits per heavy atom. The summed E-state index contributed by atoms with van der Waals surface area (Å²) in [5.41, 5.74) is 6.35. The van der Waals surface area contributed by atoms with Crippen molar-refractivity contribution in [2.24, 2.45) is 17.1 Å². The Bertz CT molecular complexity index is 215. The molecular weight excluding hydrogens is 196 g/mol. The topological polar surface area (TPSA) is 29.3 Å². The third kappa shape index (κ3) is 3.46. The van der Waals surface area contributed by atoms with Crippen molar-refractivity contribution >= 4 is 0 Å². The maximum Gasteiger partial charge on any atom is 0.0161 e. The molecular formula is C14H30N2. The second-order valence-corrected chi connectivity index (χ2v) is 6.76. The Morgan fingerprint density at radius 1 is 1.25 bits per heavy atom. The Balaban J connectivity index is 2.53. The minimum atomic E-state index is -0.105. The molecule has 1 aliphatic rings. The molecule has 2 heteroatoms. The molecule has 1 aliphatic heterocycles. The Kier molecular flexibility index (Phi) is 4.42. The van der Waals surface area contributed by atoms with Crippen LogP contribution in [0, 0.1) is 11.3 Å². The van der Waals surface area contributed by atoms with Crippen LogP contribution in [-0.2, 0) is 0 Å². The minimum absolute atomic E-state index is 0.105. The Labute approximate surface area is 102 Å². The second-order valence-electron chi connectivity index (χ2n) is 6.76. The van der Waals surface area contributed by atoms with Crippen LogP contribution in [0.2, 0.25) is 0 Å². The van der Waals surface area contributed by atoms with E-state index in [-0.39, 0.29) is 11.0 Å². The zero-order chi connectivity index (χ0) is 12.4. The van der Waals surface area contributed by atoms with Crippen molar-refractivity contribution < 1.29 is 0 Å². The summed E-state index contributed by atoms with van der Waals surface area (Å²) in [6, 6.07) is 0. The smallest absolute Gasteiger partial charge is 0.0161 e. The number of hydrogen-bond acceptors (Lipinski definition) is 2.